The summed E-state index contributed by atoms with van der Waals surface area (Å²) in [5.74, 6) is 0.852. The van der Waals surface area contributed by atoms with Crippen molar-refractivity contribution in [1.82, 2.24) is 0 Å². The summed E-state index contributed by atoms with van der Waals surface area (Å²) in [5.41, 5.74) is 3.49. The summed E-state index contributed by atoms with van der Waals surface area (Å²) < 4.78 is 0. The van der Waals surface area contributed by atoms with Gasteiger partial charge in [-0.15, -0.1) is 0 Å². The highest BCUT2D eigenvalue weighted by atomic mass is 16.1. The van der Waals surface area contributed by atoms with E-state index in [2.05, 4.69) is 30.8 Å². The molecule has 1 heteroatoms. The molecular weight excluding hydrogens is 244 g/mol. The van der Waals surface area contributed by atoms with Gasteiger partial charge in [0.2, 0.25) is 0 Å². The molecule has 2 atom stereocenters. The fraction of sp³-hybridized carbons (Fsp3) is 0.211. The molecule has 1 fully saturated rings. The monoisotopic (exact) mass is 262 g/mol. The van der Waals surface area contributed by atoms with Gasteiger partial charge in [0.15, 0.2) is 0 Å². The number of Topliss-reactive ketones (excluding diaryl/α,β-unsaturated/α-hetero) is 1. The molecule has 3 rings (SSSR count). The topological polar surface area (TPSA) is 17.1 Å². The minimum absolute atomic E-state index is 0.229. The lowest BCUT2D eigenvalue weighted by atomic mass is 9.82. The molecule has 0 heterocycles. The van der Waals surface area contributed by atoms with Gasteiger partial charge in [-0.25, -0.2) is 0 Å². The minimum Gasteiger partial charge on any atom is -0.300 e. The van der Waals surface area contributed by atoms with Crippen molar-refractivity contribution in [1.29, 1.82) is 0 Å². The van der Waals surface area contributed by atoms with Crippen molar-refractivity contribution in [2.75, 3.05) is 0 Å². The van der Waals surface area contributed by atoms with Crippen LogP contribution in [-0.2, 0) is 4.79 Å². The first-order chi connectivity index (χ1) is 9.75. The summed E-state index contributed by atoms with van der Waals surface area (Å²) in [4.78, 5) is 11.9. The molecule has 1 nitrogen and oxygen atoms in total. The van der Waals surface area contributed by atoms with Gasteiger partial charge in [0.05, 0.1) is 0 Å². The van der Waals surface area contributed by atoms with Gasteiger partial charge >= 0.3 is 0 Å². The highest BCUT2D eigenvalue weighted by molar-refractivity contribution is 5.86. The van der Waals surface area contributed by atoms with E-state index in [0.717, 1.165) is 11.1 Å². The van der Waals surface area contributed by atoms with Gasteiger partial charge in [0.1, 0.15) is 5.78 Å². The van der Waals surface area contributed by atoms with Gasteiger partial charge in [-0.1, -0.05) is 67.2 Å². The molecular formula is C19H18O. The van der Waals surface area contributed by atoms with Crippen LogP contribution in [0.3, 0.4) is 0 Å². The molecule has 1 aliphatic rings. The number of hydrogen-bond acceptors (Lipinski definition) is 1. The molecule has 0 unspecified atom stereocenters. The van der Waals surface area contributed by atoms with Crippen molar-refractivity contribution < 1.29 is 4.79 Å². The van der Waals surface area contributed by atoms with E-state index in [1.54, 1.807) is 0 Å². The molecule has 0 N–H and O–H groups in total. The number of carbonyl (C=O) groups is 1. The maximum atomic E-state index is 11.9. The largest absolute Gasteiger partial charge is 0.300 e. The highest BCUT2D eigenvalue weighted by Crippen LogP contribution is 2.44. The predicted octanol–water partition coefficient (Wildman–Crippen LogP) is 4.46. The van der Waals surface area contributed by atoms with Crippen molar-refractivity contribution in [3.05, 3.63) is 78.4 Å². The zero-order valence-electron chi connectivity index (χ0n) is 11.5. The van der Waals surface area contributed by atoms with E-state index in [-0.39, 0.29) is 11.8 Å². The first-order valence-electron chi connectivity index (χ1n) is 7.06. The van der Waals surface area contributed by atoms with Crippen molar-refractivity contribution in [3.8, 4) is 0 Å². The average Bonchev–Trinajstić information content (AvgIpc) is 2.90. The Bertz CT molecular complexity index is 613. The Balaban J connectivity index is 1.91. The van der Waals surface area contributed by atoms with Crippen LogP contribution in [0.4, 0.5) is 0 Å². The molecule has 1 aliphatic carbocycles. The number of ketones is 1. The number of carbonyl (C=O) groups excluding carboxylic acids is 1. The second-order valence-corrected chi connectivity index (χ2v) is 5.46. The second-order valence-electron chi connectivity index (χ2n) is 5.46. The van der Waals surface area contributed by atoms with Crippen LogP contribution in [0.25, 0.3) is 5.57 Å². The SMILES string of the molecule is C=C(c1ccccc1)[C@@H]1CC(=O)C[C@@H]1c1ccccc1. The van der Waals surface area contributed by atoms with E-state index in [4.69, 9.17) is 0 Å². The van der Waals surface area contributed by atoms with Crippen molar-refractivity contribution in [2.24, 2.45) is 5.92 Å². The number of hydrogen-bond donors (Lipinski definition) is 0. The molecule has 0 bridgehead atoms. The summed E-state index contributed by atoms with van der Waals surface area (Å²) in [6.07, 6.45) is 1.26. The third-order valence-corrected chi connectivity index (χ3v) is 4.20. The number of allylic oxidation sites excluding steroid dienone is 1. The van der Waals surface area contributed by atoms with E-state index in [9.17, 15) is 4.79 Å². The van der Waals surface area contributed by atoms with Gasteiger partial charge < -0.3 is 0 Å². The lowest BCUT2D eigenvalue weighted by Gasteiger charge is -2.21. The second kappa shape index (κ2) is 5.46. The Labute approximate surface area is 120 Å². The normalized spacial score (nSPS) is 21.9. The van der Waals surface area contributed by atoms with E-state index < -0.39 is 0 Å². The van der Waals surface area contributed by atoms with Gasteiger partial charge in [-0.2, -0.15) is 0 Å². The summed E-state index contributed by atoms with van der Waals surface area (Å²) in [7, 11) is 0. The molecule has 0 aromatic heterocycles. The Morgan fingerprint density at radius 2 is 1.50 bits per heavy atom. The maximum absolute atomic E-state index is 11.9. The lowest BCUT2D eigenvalue weighted by molar-refractivity contribution is -0.117. The van der Waals surface area contributed by atoms with Crippen LogP contribution in [0.2, 0.25) is 0 Å². The maximum Gasteiger partial charge on any atom is 0.134 e. The summed E-state index contributed by atoms with van der Waals surface area (Å²) in [5, 5.41) is 0. The van der Waals surface area contributed by atoms with Gasteiger partial charge in [-0.05, 0) is 28.5 Å². The first kappa shape index (κ1) is 12.9. The third-order valence-electron chi connectivity index (χ3n) is 4.20. The zero-order valence-corrected chi connectivity index (χ0v) is 11.5. The molecule has 0 saturated heterocycles. The van der Waals surface area contributed by atoms with Gasteiger partial charge in [0.25, 0.3) is 0 Å². The van der Waals surface area contributed by atoms with Crippen LogP contribution in [0.15, 0.2) is 67.2 Å². The van der Waals surface area contributed by atoms with Gasteiger partial charge in [0, 0.05) is 12.8 Å². The third kappa shape index (κ3) is 2.44. The van der Waals surface area contributed by atoms with E-state index in [1.807, 2.05) is 36.4 Å². The van der Waals surface area contributed by atoms with Crippen molar-refractivity contribution in [3.63, 3.8) is 0 Å². The van der Waals surface area contributed by atoms with Crippen molar-refractivity contribution >= 4 is 11.4 Å². The van der Waals surface area contributed by atoms with E-state index in [1.165, 1.54) is 5.56 Å². The molecule has 0 amide bonds. The fourth-order valence-corrected chi connectivity index (χ4v) is 3.14. The van der Waals surface area contributed by atoms with Crippen LogP contribution < -0.4 is 0 Å². The van der Waals surface area contributed by atoms with Crippen LogP contribution in [-0.4, -0.2) is 5.78 Å². The van der Waals surface area contributed by atoms with Crippen LogP contribution in [0.5, 0.6) is 0 Å². The highest BCUT2D eigenvalue weighted by Gasteiger charge is 2.35. The smallest absolute Gasteiger partial charge is 0.134 e. The van der Waals surface area contributed by atoms with Crippen LogP contribution in [0.1, 0.15) is 29.9 Å². The van der Waals surface area contributed by atoms with E-state index >= 15 is 0 Å². The molecule has 0 aliphatic heterocycles. The standard InChI is InChI=1S/C19H18O/c1-14(15-8-4-2-5-9-15)18-12-17(20)13-19(18)16-10-6-3-7-11-16/h2-11,18-19H,1,12-13H2/t18-,19+/m0/s1. The van der Waals surface area contributed by atoms with Crippen LogP contribution >= 0.6 is 0 Å². The molecule has 1 saturated carbocycles. The predicted molar refractivity (Wildman–Crippen MR) is 82.4 cm³/mol. The Morgan fingerprint density at radius 3 is 2.15 bits per heavy atom. The molecule has 0 spiro atoms. The van der Waals surface area contributed by atoms with E-state index in [0.29, 0.717) is 18.6 Å². The number of benzene rings is 2. The Hall–Kier alpha value is -2.15. The Morgan fingerprint density at radius 1 is 0.900 bits per heavy atom. The van der Waals surface area contributed by atoms with Crippen molar-refractivity contribution in [2.45, 2.75) is 18.8 Å². The quantitative estimate of drug-likeness (QED) is 0.798. The molecule has 20 heavy (non-hydrogen) atoms. The zero-order chi connectivity index (χ0) is 13.9. The Kier molecular flexibility index (Phi) is 3.51. The van der Waals surface area contributed by atoms with Crippen LogP contribution in [0, 0.1) is 5.92 Å². The number of rotatable bonds is 3. The summed E-state index contributed by atoms with van der Waals surface area (Å²) >= 11 is 0. The minimum atomic E-state index is 0.229. The average molecular weight is 262 g/mol. The molecule has 0 radical (unpaired) electrons. The van der Waals surface area contributed by atoms with Gasteiger partial charge in [-0.3, -0.25) is 4.79 Å². The first-order valence-corrected chi connectivity index (χ1v) is 7.06. The summed E-state index contributed by atoms with van der Waals surface area (Å²) in [6.45, 7) is 4.26. The molecule has 100 valence electrons. The molecule has 2 aromatic rings. The lowest BCUT2D eigenvalue weighted by Crippen LogP contribution is -2.08. The molecule has 2 aromatic carbocycles. The summed E-state index contributed by atoms with van der Waals surface area (Å²) in [6, 6.07) is 20.5. The fourth-order valence-electron chi connectivity index (χ4n) is 3.14.